The van der Waals surface area contributed by atoms with Crippen LogP contribution in [0.3, 0.4) is 0 Å². The largest absolute Gasteiger partial charge is 0.493 e. The minimum Gasteiger partial charge on any atom is -0.493 e. The number of nitrogens with zero attached hydrogens (tertiary/aromatic N) is 1. The molecule has 3 rings (SSSR count). The number of hydrogen-bond acceptors (Lipinski definition) is 5. The first-order chi connectivity index (χ1) is 11.9. The third-order valence-electron chi connectivity index (χ3n) is 4.99. The second-order valence-electron chi connectivity index (χ2n) is 6.96. The molecule has 0 unspecified atom stereocenters. The smallest absolute Gasteiger partial charge is 0.221 e. The highest BCUT2D eigenvalue weighted by Gasteiger charge is 2.30. The molecular formula is C18H26N2O4S. The maximum absolute atomic E-state index is 12.1. The molecular weight excluding hydrogens is 340 g/mol. The van der Waals surface area contributed by atoms with Crippen molar-refractivity contribution in [2.24, 2.45) is 0 Å². The van der Waals surface area contributed by atoms with E-state index >= 15 is 0 Å². The average molecular weight is 366 g/mol. The summed E-state index contributed by atoms with van der Waals surface area (Å²) in [7, 11) is -0.994. The van der Waals surface area contributed by atoms with E-state index in [9.17, 15) is 13.2 Å². The highest BCUT2D eigenvalue weighted by Crippen LogP contribution is 2.25. The predicted octanol–water partition coefficient (Wildman–Crippen LogP) is 1.14. The number of ether oxygens (including phenoxy) is 1. The number of benzene rings is 1. The summed E-state index contributed by atoms with van der Waals surface area (Å²) in [6.45, 7) is 1.86. The Hall–Kier alpha value is -1.60. The zero-order chi connectivity index (χ0) is 17.9. The van der Waals surface area contributed by atoms with Crippen LogP contribution in [-0.2, 0) is 27.6 Å². The molecule has 1 aromatic carbocycles. The van der Waals surface area contributed by atoms with E-state index in [0.29, 0.717) is 25.9 Å². The van der Waals surface area contributed by atoms with E-state index in [1.807, 2.05) is 24.1 Å². The van der Waals surface area contributed by atoms with Gasteiger partial charge in [-0.1, -0.05) is 12.1 Å². The number of hydrogen-bond donors (Lipinski definition) is 1. The van der Waals surface area contributed by atoms with Crippen LogP contribution < -0.4 is 10.1 Å². The molecule has 0 saturated carbocycles. The zero-order valence-corrected chi connectivity index (χ0v) is 15.5. The average Bonchev–Trinajstić information content (AvgIpc) is 2.97. The number of carbonyl (C=O) groups excluding carboxylic acids is 1. The van der Waals surface area contributed by atoms with Gasteiger partial charge in [-0.2, -0.15) is 0 Å². The van der Waals surface area contributed by atoms with Gasteiger partial charge in [0.15, 0.2) is 9.84 Å². The minimum atomic E-state index is -2.89. The van der Waals surface area contributed by atoms with Gasteiger partial charge in [0.2, 0.25) is 5.91 Å². The molecule has 7 heteroatoms. The molecule has 2 aliphatic heterocycles. The highest BCUT2D eigenvalue weighted by atomic mass is 32.2. The Labute approximate surface area is 149 Å². The van der Waals surface area contributed by atoms with Crippen molar-refractivity contribution in [3.05, 3.63) is 29.3 Å². The van der Waals surface area contributed by atoms with Crippen LogP contribution >= 0.6 is 0 Å². The van der Waals surface area contributed by atoms with Crippen LogP contribution in [0.5, 0.6) is 5.75 Å². The molecule has 0 aliphatic carbocycles. The lowest BCUT2D eigenvalue weighted by molar-refractivity contribution is -0.121. The Morgan fingerprint density at radius 2 is 2.24 bits per heavy atom. The second kappa shape index (κ2) is 7.74. The SMILES string of the molecule is CN(CCC(=O)NCc1ccc2c(c1)CCCO2)[C@@H]1CCS(=O)(=O)C1. The van der Waals surface area contributed by atoms with Crippen molar-refractivity contribution in [1.82, 2.24) is 10.2 Å². The lowest BCUT2D eigenvalue weighted by Gasteiger charge is -2.22. The van der Waals surface area contributed by atoms with Gasteiger partial charge in [-0.3, -0.25) is 4.79 Å². The number of carbonyl (C=O) groups is 1. The van der Waals surface area contributed by atoms with Gasteiger partial charge in [0.05, 0.1) is 18.1 Å². The maximum atomic E-state index is 12.1. The molecule has 0 spiro atoms. The first kappa shape index (κ1) is 18.2. The first-order valence-electron chi connectivity index (χ1n) is 8.85. The molecule has 2 heterocycles. The summed E-state index contributed by atoms with van der Waals surface area (Å²) in [6, 6.07) is 6.10. The van der Waals surface area contributed by atoms with Crippen molar-refractivity contribution >= 4 is 15.7 Å². The van der Waals surface area contributed by atoms with Gasteiger partial charge in [0.1, 0.15) is 5.75 Å². The van der Waals surface area contributed by atoms with Crippen molar-refractivity contribution in [3.63, 3.8) is 0 Å². The van der Waals surface area contributed by atoms with Crippen LogP contribution in [0.15, 0.2) is 18.2 Å². The van der Waals surface area contributed by atoms with Crippen LogP contribution in [0, 0.1) is 0 Å². The standard InChI is InChI=1S/C18H26N2O4S/c1-20(16-7-10-25(22,23)13-16)8-6-18(21)19-12-14-4-5-17-15(11-14)3-2-9-24-17/h4-5,11,16H,2-3,6-10,12-13H2,1H3,(H,19,21)/t16-/m1/s1. The van der Waals surface area contributed by atoms with Crippen molar-refractivity contribution in [3.8, 4) is 5.75 Å². The maximum Gasteiger partial charge on any atom is 0.221 e. The summed E-state index contributed by atoms with van der Waals surface area (Å²) in [5, 5.41) is 2.94. The van der Waals surface area contributed by atoms with Crippen LogP contribution in [0.2, 0.25) is 0 Å². The Morgan fingerprint density at radius 3 is 3.00 bits per heavy atom. The molecule has 0 radical (unpaired) electrons. The summed E-state index contributed by atoms with van der Waals surface area (Å²) in [5.74, 6) is 1.41. The Kier molecular flexibility index (Phi) is 5.64. The highest BCUT2D eigenvalue weighted by molar-refractivity contribution is 7.91. The lowest BCUT2D eigenvalue weighted by Crippen LogP contribution is -2.36. The number of rotatable bonds is 6. The normalized spacial score (nSPS) is 21.6. The Morgan fingerprint density at radius 1 is 1.40 bits per heavy atom. The Balaban J connectivity index is 1.42. The van der Waals surface area contributed by atoms with Gasteiger partial charge in [-0.05, 0) is 43.5 Å². The molecule has 1 aromatic rings. The molecule has 0 aromatic heterocycles. The van der Waals surface area contributed by atoms with E-state index in [2.05, 4.69) is 11.4 Å². The fourth-order valence-corrected chi connectivity index (χ4v) is 5.20. The summed E-state index contributed by atoms with van der Waals surface area (Å²) in [5.41, 5.74) is 2.29. The molecule has 0 bridgehead atoms. The topological polar surface area (TPSA) is 75.7 Å². The molecule has 2 aliphatic rings. The zero-order valence-electron chi connectivity index (χ0n) is 14.7. The summed E-state index contributed by atoms with van der Waals surface area (Å²) < 4.78 is 28.7. The quantitative estimate of drug-likeness (QED) is 0.817. The van der Waals surface area contributed by atoms with Crippen LogP contribution in [0.4, 0.5) is 0 Å². The van der Waals surface area contributed by atoms with Crippen molar-refractivity contribution < 1.29 is 17.9 Å². The second-order valence-corrected chi connectivity index (χ2v) is 9.19. The number of sulfone groups is 1. The van der Waals surface area contributed by atoms with Crippen molar-refractivity contribution in [2.75, 3.05) is 31.7 Å². The van der Waals surface area contributed by atoms with E-state index in [1.54, 1.807) is 0 Å². The number of amides is 1. The number of fused-ring (bicyclic) bond motifs is 1. The monoisotopic (exact) mass is 366 g/mol. The molecule has 1 N–H and O–H groups in total. The molecule has 25 heavy (non-hydrogen) atoms. The summed E-state index contributed by atoms with van der Waals surface area (Å²) in [6.07, 6.45) is 3.09. The van der Waals surface area contributed by atoms with E-state index in [-0.39, 0.29) is 23.5 Å². The molecule has 6 nitrogen and oxygen atoms in total. The summed E-state index contributed by atoms with van der Waals surface area (Å²) in [4.78, 5) is 14.1. The molecule has 1 fully saturated rings. The third-order valence-corrected chi connectivity index (χ3v) is 6.74. The van der Waals surface area contributed by atoms with Gasteiger partial charge >= 0.3 is 0 Å². The fourth-order valence-electron chi connectivity index (χ4n) is 3.40. The van der Waals surface area contributed by atoms with E-state index < -0.39 is 9.84 Å². The van der Waals surface area contributed by atoms with Crippen LogP contribution in [-0.4, -0.2) is 57.0 Å². The van der Waals surface area contributed by atoms with E-state index in [1.165, 1.54) is 5.56 Å². The third kappa shape index (κ3) is 4.95. The Bertz CT molecular complexity index is 733. The molecule has 1 saturated heterocycles. The first-order valence-corrected chi connectivity index (χ1v) is 10.7. The minimum absolute atomic E-state index is 0.0123. The van der Waals surface area contributed by atoms with Crippen LogP contribution in [0.25, 0.3) is 0 Å². The van der Waals surface area contributed by atoms with E-state index in [0.717, 1.165) is 30.8 Å². The number of aryl methyl sites for hydroxylation is 1. The van der Waals surface area contributed by atoms with E-state index in [4.69, 9.17) is 4.74 Å². The molecule has 1 atom stereocenters. The molecule has 138 valence electrons. The van der Waals surface area contributed by atoms with Gasteiger partial charge in [0.25, 0.3) is 0 Å². The number of nitrogens with one attached hydrogen (secondary N) is 1. The molecule has 1 amide bonds. The van der Waals surface area contributed by atoms with Gasteiger partial charge in [-0.25, -0.2) is 8.42 Å². The van der Waals surface area contributed by atoms with Crippen LogP contribution in [0.1, 0.15) is 30.4 Å². The fraction of sp³-hybridized carbons (Fsp3) is 0.611. The van der Waals surface area contributed by atoms with Crippen molar-refractivity contribution in [1.29, 1.82) is 0 Å². The van der Waals surface area contributed by atoms with Crippen molar-refractivity contribution in [2.45, 2.75) is 38.3 Å². The lowest BCUT2D eigenvalue weighted by atomic mass is 10.0. The summed E-state index contributed by atoms with van der Waals surface area (Å²) >= 11 is 0. The predicted molar refractivity (Wildman–Crippen MR) is 96.4 cm³/mol. The van der Waals surface area contributed by atoms with Gasteiger partial charge in [0, 0.05) is 25.6 Å². The van der Waals surface area contributed by atoms with Gasteiger partial charge < -0.3 is 15.0 Å². The van der Waals surface area contributed by atoms with Gasteiger partial charge in [-0.15, -0.1) is 0 Å².